The number of amides is 1. The lowest BCUT2D eigenvalue weighted by molar-refractivity contribution is -0.274. The lowest BCUT2D eigenvalue weighted by Crippen LogP contribution is -2.37. The van der Waals surface area contributed by atoms with Gasteiger partial charge in [0.2, 0.25) is 0 Å². The number of alkyl halides is 4. The van der Waals surface area contributed by atoms with Crippen molar-refractivity contribution in [2.24, 2.45) is 0 Å². The predicted molar refractivity (Wildman–Crippen MR) is 82.1 cm³/mol. The molecule has 2 aliphatic rings. The number of carbonyl (C=O) groups excluding carboxylic acids is 1. The Bertz CT molecular complexity index is 666. The van der Waals surface area contributed by atoms with Crippen molar-refractivity contribution >= 4 is 18.5 Å². The molecule has 2 heterocycles. The molecule has 1 aromatic carbocycles. The number of likely N-dealkylation sites (tertiary alicyclic amines) is 1. The van der Waals surface area contributed by atoms with Gasteiger partial charge in [0.25, 0.3) is 0 Å². The van der Waals surface area contributed by atoms with Gasteiger partial charge >= 0.3 is 12.5 Å². The molecular weight excluding hydrogens is 368 g/mol. The van der Waals surface area contributed by atoms with Crippen LogP contribution in [0.15, 0.2) is 36.0 Å². The summed E-state index contributed by atoms with van der Waals surface area (Å²) in [5, 5.41) is 2.80. The molecule has 1 aromatic rings. The quantitative estimate of drug-likeness (QED) is 0.816. The number of nitrogens with zero attached hydrogens (tertiary/aromatic N) is 1. The molecular formula is C15H15ClF4N2O3. The number of fused-ring (bicyclic) bond motifs is 1. The average Bonchev–Trinajstić information content (AvgIpc) is 2.99. The summed E-state index contributed by atoms with van der Waals surface area (Å²) in [7, 11) is 0. The van der Waals surface area contributed by atoms with Gasteiger partial charge in [-0.25, -0.2) is 9.18 Å². The number of ether oxygens (including phenoxy) is 2. The SMILES string of the molecule is Cl.O=C(OCc1ccc(OC(F)(F)F)cc1)N1CC2=CNCC2(F)C1. The molecule has 1 N–H and O–H groups in total. The Morgan fingerprint density at radius 2 is 1.96 bits per heavy atom. The van der Waals surface area contributed by atoms with Crippen LogP contribution in [-0.2, 0) is 11.3 Å². The summed E-state index contributed by atoms with van der Waals surface area (Å²) in [6, 6.07) is 4.97. The van der Waals surface area contributed by atoms with Gasteiger partial charge < -0.3 is 19.7 Å². The largest absolute Gasteiger partial charge is 0.573 e. The predicted octanol–water partition coefficient (Wildman–Crippen LogP) is 3.15. The van der Waals surface area contributed by atoms with E-state index in [4.69, 9.17) is 4.74 Å². The second-order valence-corrected chi connectivity index (χ2v) is 5.62. The summed E-state index contributed by atoms with van der Waals surface area (Å²) < 4.78 is 59.4. The summed E-state index contributed by atoms with van der Waals surface area (Å²) in [6.45, 7) is 0.0781. The normalized spacial score (nSPS) is 21.8. The maximum atomic E-state index is 14.4. The maximum absolute atomic E-state index is 14.4. The second kappa shape index (κ2) is 6.99. The van der Waals surface area contributed by atoms with Crippen LogP contribution < -0.4 is 10.1 Å². The molecule has 0 aliphatic carbocycles. The molecule has 3 rings (SSSR count). The monoisotopic (exact) mass is 382 g/mol. The molecule has 0 saturated carbocycles. The number of halogens is 5. The van der Waals surface area contributed by atoms with Crippen LogP contribution in [0.5, 0.6) is 5.75 Å². The van der Waals surface area contributed by atoms with E-state index in [1.165, 1.54) is 17.0 Å². The third-order valence-corrected chi connectivity index (χ3v) is 3.81. The van der Waals surface area contributed by atoms with Crippen LogP contribution in [0.4, 0.5) is 22.4 Å². The van der Waals surface area contributed by atoms with E-state index in [9.17, 15) is 22.4 Å². The Labute approximate surface area is 147 Å². The number of rotatable bonds is 3. The molecule has 1 saturated heterocycles. The zero-order valence-corrected chi connectivity index (χ0v) is 13.6. The smallest absolute Gasteiger partial charge is 0.445 e. The van der Waals surface area contributed by atoms with Gasteiger partial charge in [-0.1, -0.05) is 12.1 Å². The fourth-order valence-electron chi connectivity index (χ4n) is 2.64. The minimum absolute atomic E-state index is 0. The van der Waals surface area contributed by atoms with Crippen LogP contribution in [0.1, 0.15) is 5.56 Å². The van der Waals surface area contributed by atoms with Gasteiger partial charge in [0.1, 0.15) is 12.4 Å². The topological polar surface area (TPSA) is 50.8 Å². The summed E-state index contributed by atoms with van der Waals surface area (Å²) >= 11 is 0. The molecule has 10 heteroatoms. The zero-order chi connectivity index (χ0) is 17.4. The lowest BCUT2D eigenvalue weighted by Gasteiger charge is -2.18. The van der Waals surface area contributed by atoms with Crippen LogP contribution in [0.2, 0.25) is 0 Å². The van der Waals surface area contributed by atoms with Crippen molar-refractivity contribution in [3.63, 3.8) is 0 Å². The highest BCUT2D eigenvalue weighted by Crippen LogP contribution is 2.33. The minimum Gasteiger partial charge on any atom is -0.445 e. The molecule has 138 valence electrons. The average molecular weight is 383 g/mol. The van der Waals surface area contributed by atoms with E-state index in [0.717, 1.165) is 12.1 Å². The second-order valence-electron chi connectivity index (χ2n) is 5.62. The van der Waals surface area contributed by atoms with Crippen LogP contribution in [0.25, 0.3) is 0 Å². The van der Waals surface area contributed by atoms with E-state index in [-0.39, 0.29) is 44.4 Å². The van der Waals surface area contributed by atoms with E-state index < -0.39 is 18.1 Å². The van der Waals surface area contributed by atoms with Gasteiger partial charge in [0.05, 0.1) is 19.6 Å². The van der Waals surface area contributed by atoms with Gasteiger partial charge in [-0.05, 0) is 17.7 Å². The molecule has 1 fully saturated rings. The number of hydrogen-bond donors (Lipinski definition) is 1. The molecule has 1 unspecified atom stereocenters. The number of carbonyl (C=O) groups is 1. The van der Waals surface area contributed by atoms with Crippen LogP contribution >= 0.6 is 12.4 Å². The Hall–Kier alpha value is -2.16. The molecule has 1 atom stereocenters. The summed E-state index contributed by atoms with van der Waals surface area (Å²) in [4.78, 5) is 13.2. The van der Waals surface area contributed by atoms with E-state index in [0.29, 0.717) is 11.1 Å². The van der Waals surface area contributed by atoms with Crippen molar-refractivity contribution in [3.8, 4) is 5.75 Å². The summed E-state index contributed by atoms with van der Waals surface area (Å²) in [6.07, 6.45) is -3.86. The van der Waals surface area contributed by atoms with Gasteiger partial charge in [-0.3, -0.25) is 0 Å². The fourth-order valence-corrected chi connectivity index (χ4v) is 2.64. The van der Waals surface area contributed by atoms with Gasteiger partial charge in [0.15, 0.2) is 5.67 Å². The van der Waals surface area contributed by atoms with Crippen LogP contribution in [0.3, 0.4) is 0 Å². The van der Waals surface area contributed by atoms with Gasteiger partial charge in [-0.2, -0.15) is 0 Å². The standard InChI is InChI=1S/C15H14F4N2O3.ClH/c16-14-8-20-5-11(14)6-21(9-14)13(22)23-7-10-1-3-12(4-2-10)24-15(17,18)19;/h1-5,20H,6-9H2;1H. The van der Waals surface area contributed by atoms with E-state index in [2.05, 4.69) is 10.1 Å². The third kappa shape index (κ3) is 4.47. The molecule has 5 nitrogen and oxygen atoms in total. The van der Waals surface area contributed by atoms with Crippen molar-refractivity contribution in [2.45, 2.75) is 18.6 Å². The maximum Gasteiger partial charge on any atom is 0.573 e. The van der Waals surface area contributed by atoms with E-state index in [1.807, 2.05) is 0 Å². The number of benzene rings is 1. The third-order valence-electron chi connectivity index (χ3n) is 3.81. The molecule has 0 aromatic heterocycles. The highest BCUT2D eigenvalue weighted by molar-refractivity contribution is 5.85. The van der Waals surface area contributed by atoms with Gasteiger partial charge in [0, 0.05) is 11.8 Å². The lowest BCUT2D eigenvalue weighted by atomic mass is 10.0. The molecule has 25 heavy (non-hydrogen) atoms. The Kier molecular flexibility index (Phi) is 5.36. The highest BCUT2D eigenvalue weighted by Gasteiger charge is 2.47. The first-order valence-corrected chi connectivity index (χ1v) is 7.13. The first-order valence-electron chi connectivity index (χ1n) is 7.13. The zero-order valence-electron chi connectivity index (χ0n) is 12.8. The molecule has 2 aliphatic heterocycles. The van der Waals surface area contributed by atoms with Crippen molar-refractivity contribution in [1.29, 1.82) is 0 Å². The first kappa shape index (κ1) is 19.2. The summed E-state index contributed by atoms with van der Waals surface area (Å²) in [5.41, 5.74) is -0.545. The Balaban J connectivity index is 0.00000225. The number of hydrogen-bond acceptors (Lipinski definition) is 4. The summed E-state index contributed by atoms with van der Waals surface area (Å²) in [5.74, 6) is -0.358. The minimum atomic E-state index is -4.76. The van der Waals surface area contributed by atoms with Crippen molar-refractivity contribution in [3.05, 3.63) is 41.6 Å². The van der Waals surface area contributed by atoms with Crippen molar-refractivity contribution in [1.82, 2.24) is 10.2 Å². The van der Waals surface area contributed by atoms with Crippen LogP contribution in [-0.4, -0.2) is 42.7 Å². The van der Waals surface area contributed by atoms with E-state index >= 15 is 0 Å². The first-order chi connectivity index (χ1) is 11.3. The molecule has 0 bridgehead atoms. The fraction of sp³-hybridized carbons (Fsp3) is 0.400. The molecule has 1 amide bonds. The van der Waals surface area contributed by atoms with Crippen LogP contribution in [0, 0.1) is 0 Å². The molecule has 0 spiro atoms. The van der Waals surface area contributed by atoms with Crippen molar-refractivity contribution < 1.29 is 31.8 Å². The van der Waals surface area contributed by atoms with Crippen molar-refractivity contribution in [2.75, 3.05) is 19.6 Å². The number of nitrogens with one attached hydrogen (secondary N) is 1. The van der Waals surface area contributed by atoms with Gasteiger partial charge in [-0.15, -0.1) is 25.6 Å². The molecule has 0 radical (unpaired) electrons. The highest BCUT2D eigenvalue weighted by atomic mass is 35.5. The van der Waals surface area contributed by atoms with E-state index in [1.54, 1.807) is 6.20 Å². The Morgan fingerprint density at radius 3 is 2.56 bits per heavy atom. The Morgan fingerprint density at radius 1 is 1.28 bits per heavy atom.